The first kappa shape index (κ1) is 18.7. The van der Waals surface area contributed by atoms with Crippen molar-refractivity contribution in [3.05, 3.63) is 77.3 Å². The minimum absolute atomic E-state index is 0.203. The molecule has 0 aliphatic rings. The number of nitrogens with zero attached hydrogens (tertiary/aromatic N) is 1. The number of nitrogens with two attached hydrogens (primary N) is 1. The molecule has 6 heteroatoms. The molecule has 0 spiro atoms. The third-order valence-corrected chi connectivity index (χ3v) is 4.18. The second-order valence-corrected chi connectivity index (χ2v) is 6.46. The predicted octanol–water partition coefficient (Wildman–Crippen LogP) is 4.32. The van der Waals surface area contributed by atoms with Crippen LogP contribution in [0.1, 0.15) is 12.5 Å². The third kappa shape index (κ3) is 4.99. The zero-order valence-corrected chi connectivity index (χ0v) is 15.5. The molecular formula is C21H19ClN2O3. The van der Waals surface area contributed by atoms with E-state index in [1.54, 1.807) is 31.2 Å². The Hall–Kier alpha value is -3.05. The Morgan fingerprint density at radius 3 is 2.67 bits per heavy atom. The molecule has 3 aromatic rings. The molecular weight excluding hydrogens is 364 g/mol. The van der Waals surface area contributed by atoms with E-state index in [0.29, 0.717) is 17.2 Å². The lowest BCUT2D eigenvalue weighted by Gasteiger charge is -2.12. The summed E-state index contributed by atoms with van der Waals surface area (Å²) >= 11 is 5.89. The topological polar surface area (TPSA) is 73.9 Å². The zero-order valence-electron chi connectivity index (χ0n) is 14.8. The van der Waals surface area contributed by atoms with E-state index in [0.717, 1.165) is 16.3 Å². The molecule has 1 atom stereocenters. The van der Waals surface area contributed by atoms with E-state index < -0.39 is 12.1 Å². The normalized spacial score (nSPS) is 12.6. The quantitative estimate of drug-likeness (QED) is 0.298. The minimum Gasteiger partial charge on any atom is -0.479 e. The van der Waals surface area contributed by atoms with E-state index in [-0.39, 0.29) is 5.84 Å². The van der Waals surface area contributed by atoms with E-state index in [4.69, 9.17) is 26.9 Å². The smallest absolute Gasteiger partial charge is 0.374 e. The number of halogens is 1. The van der Waals surface area contributed by atoms with Gasteiger partial charge in [0.25, 0.3) is 0 Å². The number of carbonyl (C=O) groups is 1. The van der Waals surface area contributed by atoms with Gasteiger partial charge in [-0.1, -0.05) is 65.3 Å². The van der Waals surface area contributed by atoms with Crippen LogP contribution in [0.2, 0.25) is 5.02 Å². The van der Waals surface area contributed by atoms with E-state index in [1.165, 1.54) is 0 Å². The van der Waals surface area contributed by atoms with Gasteiger partial charge in [0.15, 0.2) is 6.10 Å². The maximum absolute atomic E-state index is 12.1. The maximum Gasteiger partial charge on any atom is 0.374 e. The molecule has 138 valence electrons. The number of hydrogen-bond acceptors (Lipinski definition) is 4. The van der Waals surface area contributed by atoms with Crippen LogP contribution >= 0.6 is 11.6 Å². The fourth-order valence-corrected chi connectivity index (χ4v) is 2.82. The molecule has 0 heterocycles. The Morgan fingerprint density at radius 1 is 1.11 bits per heavy atom. The van der Waals surface area contributed by atoms with Crippen molar-refractivity contribution in [2.75, 3.05) is 0 Å². The van der Waals surface area contributed by atoms with Crippen molar-refractivity contribution in [3.63, 3.8) is 0 Å². The molecule has 0 radical (unpaired) electrons. The summed E-state index contributed by atoms with van der Waals surface area (Å²) in [6.45, 7) is 1.57. The SMILES string of the molecule is C[C@H](Oc1cccc(Cl)c1)C(=O)O/N=C(/N)Cc1cccc2ccccc12. The maximum atomic E-state index is 12.1. The van der Waals surface area contributed by atoms with E-state index in [9.17, 15) is 4.79 Å². The fourth-order valence-electron chi connectivity index (χ4n) is 2.64. The van der Waals surface area contributed by atoms with E-state index in [1.807, 2.05) is 42.5 Å². The number of carbonyl (C=O) groups excluding carboxylic acids is 1. The van der Waals surface area contributed by atoms with E-state index >= 15 is 0 Å². The summed E-state index contributed by atoms with van der Waals surface area (Å²) in [4.78, 5) is 17.0. The van der Waals surface area contributed by atoms with Gasteiger partial charge in [0, 0.05) is 11.4 Å². The van der Waals surface area contributed by atoms with Gasteiger partial charge in [-0.2, -0.15) is 0 Å². The van der Waals surface area contributed by atoms with Crippen LogP contribution < -0.4 is 10.5 Å². The Kier molecular flexibility index (Phi) is 5.94. The number of hydrogen-bond donors (Lipinski definition) is 1. The Morgan fingerprint density at radius 2 is 1.85 bits per heavy atom. The van der Waals surface area contributed by atoms with Gasteiger partial charge in [-0.3, -0.25) is 0 Å². The van der Waals surface area contributed by atoms with Gasteiger partial charge in [0.05, 0.1) is 0 Å². The van der Waals surface area contributed by atoms with Crippen molar-refractivity contribution in [1.29, 1.82) is 0 Å². The number of oxime groups is 1. The Balaban J connectivity index is 1.61. The molecule has 2 N–H and O–H groups in total. The summed E-state index contributed by atoms with van der Waals surface area (Å²) in [5, 5.41) is 6.46. The average molecular weight is 383 g/mol. The summed E-state index contributed by atoms with van der Waals surface area (Å²) in [6, 6.07) is 20.7. The molecule has 0 saturated heterocycles. The highest BCUT2D eigenvalue weighted by molar-refractivity contribution is 6.30. The van der Waals surface area contributed by atoms with E-state index in [2.05, 4.69) is 5.16 Å². The van der Waals surface area contributed by atoms with Crippen LogP contribution in [0, 0.1) is 0 Å². The summed E-state index contributed by atoms with van der Waals surface area (Å²) in [7, 11) is 0. The molecule has 27 heavy (non-hydrogen) atoms. The van der Waals surface area contributed by atoms with Crippen LogP contribution in [-0.4, -0.2) is 17.9 Å². The standard InChI is InChI=1S/C21H19ClN2O3/c1-14(26-18-10-5-9-17(22)13-18)21(25)27-24-20(23)12-16-8-4-7-15-6-2-3-11-19(15)16/h2-11,13-14H,12H2,1H3,(H2,23,24)/t14-/m0/s1. The Labute approximate surface area is 162 Å². The predicted molar refractivity (Wildman–Crippen MR) is 107 cm³/mol. The molecule has 0 unspecified atom stereocenters. The summed E-state index contributed by atoms with van der Waals surface area (Å²) in [5.74, 6) is 0.0326. The lowest BCUT2D eigenvalue weighted by atomic mass is 10.0. The highest BCUT2D eigenvalue weighted by Gasteiger charge is 2.17. The summed E-state index contributed by atoms with van der Waals surface area (Å²) in [6.07, 6.45) is -0.476. The zero-order chi connectivity index (χ0) is 19.2. The van der Waals surface area contributed by atoms with Gasteiger partial charge in [0.2, 0.25) is 0 Å². The van der Waals surface area contributed by atoms with Gasteiger partial charge in [-0.25, -0.2) is 4.79 Å². The van der Waals surface area contributed by atoms with Crippen molar-refractivity contribution in [2.24, 2.45) is 10.9 Å². The second kappa shape index (κ2) is 8.56. The van der Waals surface area contributed by atoms with Gasteiger partial charge in [-0.05, 0) is 41.5 Å². The number of rotatable bonds is 6. The van der Waals surface area contributed by atoms with Crippen molar-refractivity contribution in [3.8, 4) is 5.75 Å². The lowest BCUT2D eigenvalue weighted by molar-refractivity contribution is -0.151. The summed E-state index contributed by atoms with van der Waals surface area (Å²) in [5.41, 5.74) is 6.94. The van der Waals surface area contributed by atoms with Gasteiger partial charge >= 0.3 is 5.97 Å². The van der Waals surface area contributed by atoms with Gasteiger partial charge in [-0.15, -0.1) is 0 Å². The van der Waals surface area contributed by atoms with Crippen molar-refractivity contribution < 1.29 is 14.4 Å². The molecule has 0 aliphatic carbocycles. The third-order valence-electron chi connectivity index (χ3n) is 3.95. The van der Waals surface area contributed by atoms with Gasteiger partial charge in [0.1, 0.15) is 11.6 Å². The number of amidine groups is 1. The summed E-state index contributed by atoms with van der Waals surface area (Å²) < 4.78 is 5.50. The van der Waals surface area contributed by atoms with Crippen molar-refractivity contribution >= 4 is 34.2 Å². The van der Waals surface area contributed by atoms with Crippen LogP contribution in [0.4, 0.5) is 0 Å². The molecule has 3 rings (SSSR count). The highest BCUT2D eigenvalue weighted by Crippen LogP contribution is 2.20. The van der Waals surface area contributed by atoms with Crippen LogP contribution in [0.15, 0.2) is 71.9 Å². The molecule has 0 saturated carbocycles. The molecule has 0 aliphatic heterocycles. The largest absolute Gasteiger partial charge is 0.479 e. The second-order valence-electron chi connectivity index (χ2n) is 6.03. The molecule has 5 nitrogen and oxygen atoms in total. The molecule has 0 bridgehead atoms. The number of benzene rings is 3. The first-order valence-corrected chi connectivity index (χ1v) is 8.83. The minimum atomic E-state index is -0.849. The highest BCUT2D eigenvalue weighted by atomic mass is 35.5. The van der Waals surface area contributed by atoms with Crippen LogP contribution in [0.3, 0.4) is 0 Å². The molecule has 3 aromatic carbocycles. The van der Waals surface area contributed by atoms with Crippen molar-refractivity contribution in [2.45, 2.75) is 19.4 Å². The molecule has 0 fully saturated rings. The van der Waals surface area contributed by atoms with Crippen LogP contribution in [-0.2, 0) is 16.1 Å². The van der Waals surface area contributed by atoms with Crippen molar-refractivity contribution in [1.82, 2.24) is 0 Å². The number of fused-ring (bicyclic) bond motifs is 1. The molecule has 0 amide bonds. The van der Waals surface area contributed by atoms with Gasteiger partial charge < -0.3 is 15.3 Å². The monoisotopic (exact) mass is 382 g/mol. The fraction of sp³-hybridized carbons (Fsp3) is 0.143. The average Bonchev–Trinajstić information content (AvgIpc) is 2.66. The van der Waals surface area contributed by atoms with Crippen LogP contribution in [0.5, 0.6) is 5.75 Å². The van der Waals surface area contributed by atoms with Crippen LogP contribution in [0.25, 0.3) is 10.8 Å². The lowest BCUT2D eigenvalue weighted by Crippen LogP contribution is -2.26. The first-order valence-electron chi connectivity index (χ1n) is 8.45. The Bertz CT molecular complexity index is 983. The molecule has 0 aromatic heterocycles. The number of ether oxygens (including phenoxy) is 1. The first-order chi connectivity index (χ1) is 13.0.